The molecule has 1 N–H and O–H groups in total. The Bertz CT molecular complexity index is 973. The minimum atomic E-state index is -0.460. The summed E-state index contributed by atoms with van der Waals surface area (Å²) in [6.45, 7) is 1.26. The van der Waals surface area contributed by atoms with Crippen molar-refractivity contribution in [3.8, 4) is 11.8 Å². The molecule has 2 aromatic carbocycles. The van der Waals surface area contributed by atoms with Gasteiger partial charge in [-0.3, -0.25) is 14.9 Å². The van der Waals surface area contributed by atoms with Crippen LogP contribution < -0.4 is 10.1 Å². The Morgan fingerprint density at radius 2 is 2.07 bits per heavy atom. The van der Waals surface area contributed by atoms with E-state index >= 15 is 0 Å². The van der Waals surface area contributed by atoms with Gasteiger partial charge in [0.2, 0.25) is 0 Å². The molecule has 1 heterocycles. The Hall–Kier alpha value is -3.70. The molecule has 1 saturated heterocycles. The highest BCUT2D eigenvalue weighted by Crippen LogP contribution is 2.23. The third kappa shape index (κ3) is 5.65. The summed E-state index contributed by atoms with van der Waals surface area (Å²) in [5.74, 6) is 0.0358. The van der Waals surface area contributed by atoms with Gasteiger partial charge in [-0.15, -0.1) is 0 Å². The second-order valence-electron chi connectivity index (χ2n) is 6.76. The molecule has 0 aromatic heterocycles. The molecule has 2 aromatic rings. The van der Waals surface area contributed by atoms with Crippen molar-refractivity contribution in [3.05, 3.63) is 75.3 Å². The summed E-state index contributed by atoms with van der Waals surface area (Å²) in [4.78, 5) is 22.6. The molecule has 8 heteroatoms. The third-order valence-corrected chi connectivity index (χ3v) is 4.64. The lowest BCUT2D eigenvalue weighted by molar-refractivity contribution is -0.384. The van der Waals surface area contributed by atoms with E-state index in [4.69, 9.17) is 9.47 Å². The van der Waals surface area contributed by atoms with Gasteiger partial charge >= 0.3 is 0 Å². The quantitative estimate of drug-likeness (QED) is 0.310. The van der Waals surface area contributed by atoms with Crippen molar-refractivity contribution in [2.24, 2.45) is 0 Å². The fourth-order valence-electron chi connectivity index (χ4n) is 3.02. The van der Waals surface area contributed by atoms with Gasteiger partial charge in [-0.25, -0.2) is 0 Å². The number of nitro benzene ring substituents is 1. The maximum absolute atomic E-state index is 12.4. The average Bonchev–Trinajstić information content (AvgIpc) is 3.29. The van der Waals surface area contributed by atoms with Crippen LogP contribution in [0.1, 0.15) is 24.0 Å². The lowest BCUT2D eigenvalue weighted by Crippen LogP contribution is -2.32. The van der Waals surface area contributed by atoms with Gasteiger partial charge in [0, 0.05) is 30.8 Å². The number of nitrogens with one attached hydrogen (secondary N) is 1. The maximum Gasteiger partial charge on any atom is 0.269 e. The number of carbonyl (C=O) groups is 1. The Kier molecular flexibility index (Phi) is 7.14. The molecular weight excluding hydrogens is 386 g/mol. The van der Waals surface area contributed by atoms with Crippen LogP contribution in [-0.2, 0) is 16.1 Å². The first kappa shape index (κ1) is 21.0. The van der Waals surface area contributed by atoms with E-state index in [0.29, 0.717) is 24.5 Å². The first-order valence-corrected chi connectivity index (χ1v) is 9.53. The summed E-state index contributed by atoms with van der Waals surface area (Å²) >= 11 is 0. The van der Waals surface area contributed by atoms with Crippen molar-refractivity contribution in [3.63, 3.8) is 0 Å². The Balaban J connectivity index is 1.67. The molecule has 0 unspecified atom stereocenters. The predicted molar refractivity (Wildman–Crippen MR) is 109 cm³/mol. The number of rotatable bonds is 8. The van der Waals surface area contributed by atoms with Crippen LogP contribution in [0.2, 0.25) is 0 Å². The van der Waals surface area contributed by atoms with Crippen molar-refractivity contribution in [1.82, 2.24) is 5.32 Å². The van der Waals surface area contributed by atoms with Gasteiger partial charge in [0.25, 0.3) is 11.6 Å². The number of nitro groups is 1. The molecule has 8 nitrogen and oxygen atoms in total. The van der Waals surface area contributed by atoms with Gasteiger partial charge < -0.3 is 14.8 Å². The topological polar surface area (TPSA) is 114 Å². The molecular formula is C22H21N3O5. The van der Waals surface area contributed by atoms with E-state index in [9.17, 15) is 20.2 Å². The molecule has 3 rings (SSSR count). The van der Waals surface area contributed by atoms with Gasteiger partial charge in [0.1, 0.15) is 24.0 Å². The van der Waals surface area contributed by atoms with Crippen LogP contribution >= 0.6 is 0 Å². The Morgan fingerprint density at radius 3 is 2.73 bits per heavy atom. The SMILES string of the molecule is N#C/C(=C/c1ccccc1OCc1ccc([N+](=O)[O-])cc1)C(=O)NC[C@H]1CCCO1. The van der Waals surface area contributed by atoms with Gasteiger partial charge in [-0.05, 0) is 42.7 Å². The molecule has 0 bridgehead atoms. The Morgan fingerprint density at radius 1 is 1.30 bits per heavy atom. The summed E-state index contributed by atoms with van der Waals surface area (Å²) in [6, 6.07) is 15.0. The zero-order valence-electron chi connectivity index (χ0n) is 16.2. The molecule has 30 heavy (non-hydrogen) atoms. The number of nitrogens with zero attached hydrogens (tertiary/aromatic N) is 2. The number of amides is 1. The number of non-ortho nitro benzene ring substituents is 1. The van der Waals surface area contributed by atoms with Crippen molar-refractivity contribution < 1.29 is 19.2 Å². The monoisotopic (exact) mass is 407 g/mol. The highest BCUT2D eigenvalue weighted by atomic mass is 16.6. The molecule has 0 radical (unpaired) electrons. The van der Waals surface area contributed by atoms with Gasteiger partial charge in [-0.2, -0.15) is 5.26 Å². The predicted octanol–water partition coefficient (Wildman–Crippen LogP) is 3.38. The number of nitriles is 1. The second kappa shape index (κ2) is 10.2. The Labute approximate surface area is 173 Å². The van der Waals surface area contributed by atoms with E-state index in [0.717, 1.165) is 18.4 Å². The zero-order valence-corrected chi connectivity index (χ0v) is 16.2. The largest absolute Gasteiger partial charge is 0.488 e. The molecule has 1 aliphatic heterocycles. The number of ether oxygens (including phenoxy) is 2. The minimum absolute atomic E-state index is 0.00814. The lowest BCUT2D eigenvalue weighted by Gasteiger charge is -2.11. The van der Waals surface area contributed by atoms with E-state index in [1.165, 1.54) is 18.2 Å². The maximum atomic E-state index is 12.4. The number of hydrogen-bond donors (Lipinski definition) is 1. The standard InChI is InChI=1S/C22H21N3O5/c23-13-18(22(26)24-14-20-5-3-11-29-20)12-17-4-1-2-6-21(17)30-15-16-7-9-19(10-8-16)25(27)28/h1-2,4,6-10,12,20H,3,5,11,14-15H2,(H,24,26)/b18-12-/t20-/m1/s1. The number of carbonyl (C=O) groups excluding carboxylic acids is 1. The lowest BCUT2D eigenvalue weighted by atomic mass is 10.1. The van der Waals surface area contributed by atoms with Crippen LogP contribution in [-0.4, -0.2) is 30.1 Å². The summed E-state index contributed by atoms with van der Waals surface area (Å²) in [5.41, 5.74) is 1.33. The van der Waals surface area contributed by atoms with Gasteiger partial charge in [0.05, 0.1) is 11.0 Å². The van der Waals surface area contributed by atoms with Crippen LogP contribution in [0.3, 0.4) is 0 Å². The number of para-hydroxylation sites is 1. The van der Waals surface area contributed by atoms with E-state index in [2.05, 4.69) is 5.32 Å². The van der Waals surface area contributed by atoms with Crippen LogP contribution in [0.4, 0.5) is 5.69 Å². The van der Waals surface area contributed by atoms with Crippen molar-refractivity contribution in [1.29, 1.82) is 5.26 Å². The van der Waals surface area contributed by atoms with Crippen molar-refractivity contribution >= 4 is 17.7 Å². The van der Waals surface area contributed by atoms with Crippen molar-refractivity contribution in [2.75, 3.05) is 13.2 Å². The smallest absolute Gasteiger partial charge is 0.269 e. The molecule has 0 saturated carbocycles. The molecule has 1 aliphatic rings. The molecule has 0 aliphatic carbocycles. The molecule has 1 amide bonds. The summed E-state index contributed by atoms with van der Waals surface area (Å²) < 4.78 is 11.3. The molecule has 154 valence electrons. The van der Waals surface area contributed by atoms with E-state index < -0.39 is 10.8 Å². The fourth-order valence-corrected chi connectivity index (χ4v) is 3.02. The van der Waals surface area contributed by atoms with E-state index in [-0.39, 0.29) is 24.0 Å². The summed E-state index contributed by atoms with van der Waals surface area (Å²) in [6.07, 6.45) is 3.34. The average molecular weight is 407 g/mol. The van der Waals surface area contributed by atoms with Gasteiger partial charge in [0.15, 0.2) is 0 Å². The number of benzene rings is 2. The third-order valence-electron chi connectivity index (χ3n) is 4.64. The van der Waals surface area contributed by atoms with E-state index in [1.54, 1.807) is 36.4 Å². The molecule has 1 fully saturated rings. The first-order valence-electron chi connectivity index (χ1n) is 9.53. The fraction of sp³-hybridized carbons (Fsp3) is 0.273. The van der Waals surface area contributed by atoms with E-state index in [1.807, 2.05) is 6.07 Å². The van der Waals surface area contributed by atoms with Gasteiger partial charge in [-0.1, -0.05) is 18.2 Å². The van der Waals surface area contributed by atoms with Crippen LogP contribution in [0.5, 0.6) is 5.75 Å². The number of hydrogen-bond acceptors (Lipinski definition) is 6. The normalized spacial score (nSPS) is 16.0. The highest BCUT2D eigenvalue weighted by Gasteiger charge is 2.18. The zero-order chi connectivity index (χ0) is 21.3. The molecule has 0 spiro atoms. The van der Waals surface area contributed by atoms with Crippen molar-refractivity contribution in [2.45, 2.75) is 25.6 Å². The minimum Gasteiger partial charge on any atom is -0.488 e. The summed E-state index contributed by atoms with van der Waals surface area (Å²) in [7, 11) is 0. The first-order chi connectivity index (χ1) is 14.6. The van der Waals surface area contributed by atoms with Crippen LogP contribution in [0, 0.1) is 21.4 Å². The second-order valence-corrected chi connectivity index (χ2v) is 6.76. The summed E-state index contributed by atoms with van der Waals surface area (Å²) in [5, 5.41) is 22.9. The highest BCUT2D eigenvalue weighted by molar-refractivity contribution is 6.02. The van der Waals surface area contributed by atoms with Crippen LogP contribution in [0.15, 0.2) is 54.1 Å². The van der Waals surface area contributed by atoms with Crippen LogP contribution in [0.25, 0.3) is 6.08 Å². The molecule has 1 atom stereocenters.